The Morgan fingerprint density at radius 1 is 1.18 bits per heavy atom. The van der Waals surface area contributed by atoms with E-state index in [0.29, 0.717) is 5.56 Å². The minimum Gasteiger partial charge on any atom is -0.479 e. The highest BCUT2D eigenvalue weighted by Crippen LogP contribution is 2.25. The summed E-state index contributed by atoms with van der Waals surface area (Å²) in [6.45, 7) is 1.53. The van der Waals surface area contributed by atoms with Crippen LogP contribution in [0.3, 0.4) is 0 Å². The molecule has 0 bridgehead atoms. The average Bonchev–Trinajstić information content (AvgIpc) is 2.26. The molecule has 0 saturated heterocycles. The molecule has 0 fully saturated rings. The van der Waals surface area contributed by atoms with Crippen molar-refractivity contribution >= 4 is 11.9 Å². The third-order valence-corrected chi connectivity index (χ3v) is 2.40. The van der Waals surface area contributed by atoms with E-state index in [1.165, 1.54) is 25.1 Å². The fraction of sp³-hybridized carbons (Fsp3) is 0.273. The minimum atomic E-state index is -2.06. The van der Waals surface area contributed by atoms with E-state index < -0.39 is 24.1 Å². The van der Waals surface area contributed by atoms with Crippen LogP contribution >= 0.6 is 0 Å². The Labute approximate surface area is 96.8 Å². The summed E-state index contributed by atoms with van der Waals surface area (Å²) in [5, 5.41) is 36.4. The van der Waals surface area contributed by atoms with Crippen molar-refractivity contribution in [3.63, 3.8) is 0 Å². The molecule has 0 amide bonds. The van der Waals surface area contributed by atoms with Crippen LogP contribution in [0.15, 0.2) is 18.2 Å². The number of carbonyl (C=O) groups is 2. The highest BCUT2D eigenvalue weighted by molar-refractivity contribution is 5.90. The van der Waals surface area contributed by atoms with Gasteiger partial charge in [0, 0.05) is 5.56 Å². The lowest BCUT2D eigenvalue weighted by atomic mass is 9.94. The monoisotopic (exact) mass is 240 g/mol. The summed E-state index contributed by atoms with van der Waals surface area (Å²) in [7, 11) is 0. The normalized spacial score (nSPS) is 14.1. The fourth-order valence-corrected chi connectivity index (χ4v) is 1.55. The van der Waals surface area contributed by atoms with Gasteiger partial charge in [-0.2, -0.15) is 0 Å². The Hall–Kier alpha value is -1.92. The Balaban J connectivity index is 3.29. The molecule has 6 nitrogen and oxygen atoms in total. The van der Waals surface area contributed by atoms with Gasteiger partial charge in [-0.15, -0.1) is 0 Å². The average molecular weight is 240 g/mol. The standard InChI is InChI=1S/C11H12O6/c1-5-3-2-4-6(10(14)15)7(5)8(12)9(13)11(16)17/h2-4,8-9,12-13H,1H3,(H,14,15)(H,16,17). The molecular weight excluding hydrogens is 228 g/mol. The first-order valence-electron chi connectivity index (χ1n) is 4.78. The molecule has 2 unspecified atom stereocenters. The van der Waals surface area contributed by atoms with Gasteiger partial charge in [0.25, 0.3) is 0 Å². The maximum atomic E-state index is 10.9. The van der Waals surface area contributed by atoms with Gasteiger partial charge in [0.05, 0.1) is 5.56 Å². The zero-order chi connectivity index (χ0) is 13.2. The Morgan fingerprint density at radius 3 is 2.24 bits per heavy atom. The quantitative estimate of drug-likeness (QED) is 0.596. The molecule has 1 rings (SSSR count). The van der Waals surface area contributed by atoms with Crippen LogP contribution in [-0.2, 0) is 4.79 Å². The summed E-state index contributed by atoms with van der Waals surface area (Å²) in [6.07, 6.45) is -3.84. The molecule has 1 aromatic carbocycles. The predicted octanol–water partition coefficient (Wildman–Crippen LogP) is 0.172. The Morgan fingerprint density at radius 2 is 1.76 bits per heavy atom. The SMILES string of the molecule is Cc1cccc(C(=O)O)c1C(O)C(O)C(=O)O. The molecule has 0 aliphatic carbocycles. The summed E-state index contributed by atoms with van der Waals surface area (Å²) in [6, 6.07) is 4.24. The Kier molecular flexibility index (Phi) is 3.82. The van der Waals surface area contributed by atoms with E-state index in [9.17, 15) is 19.8 Å². The maximum absolute atomic E-state index is 10.9. The maximum Gasteiger partial charge on any atom is 0.336 e. The van der Waals surface area contributed by atoms with Crippen molar-refractivity contribution in [3.8, 4) is 0 Å². The van der Waals surface area contributed by atoms with Crippen LogP contribution in [0.1, 0.15) is 27.6 Å². The van der Waals surface area contributed by atoms with Crippen LogP contribution < -0.4 is 0 Å². The summed E-state index contributed by atoms with van der Waals surface area (Å²) in [5.41, 5.74) is 0.0883. The predicted molar refractivity (Wildman–Crippen MR) is 56.7 cm³/mol. The van der Waals surface area contributed by atoms with Crippen molar-refractivity contribution in [1.29, 1.82) is 0 Å². The lowest BCUT2D eigenvalue weighted by Crippen LogP contribution is -2.29. The number of carboxylic acids is 2. The second-order valence-electron chi connectivity index (χ2n) is 3.57. The van der Waals surface area contributed by atoms with Gasteiger partial charge in [-0.05, 0) is 18.6 Å². The third kappa shape index (κ3) is 2.61. The van der Waals surface area contributed by atoms with E-state index in [4.69, 9.17) is 10.2 Å². The van der Waals surface area contributed by atoms with Crippen LogP contribution in [0.4, 0.5) is 0 Å². The second kappa shape index (κ2) is 4.94. The van der Waals surface area contributed by atoms with Gasteiger partial charge in [-0.1, -0.05) is 12.1 Å². The number of carboxylic acid groups (broad SMARTS) is 2. The van der Waals surface area contributed by atoms with E-state index >= 15 is 0 Å². The fourth-order valence-electron chi connectivity index (χ4n) is 1.55. The van der Waals surface area contributed by atoms with Crippen molar-refractivity contribution in [1.82, 2.24) is 0 Å². The number of benzene rings is 1. The van der Waals surface area contributed by atoms with Crippen LogP contribution in [0.5, 0.6) is 0 Å². The van der Waals surface area contributed by atoms with Gasteiger partial charge in [0.2, 0.25) is 0 Å². The number of hydrogen-bond donors (Lipinski definition) is 4. The number of rotatable bonds is 4. The molecule has 6 heteroatoms. The van der Waals surface area contributed by atoms with Crippen molar-refractivity contribution < 1.29 is 30.0 Å². The van der Waals surface area contributed by atoms with Crippen molar-refractivity contribution in [2.45, 2.75) is 19.1 Å². The van der Waals surface area contributed by atoms with Crippen LogP contribution in [-0.4, -0.2) is 38.5 Å². The molecule has 1 aromatic rings. The topological polar surface area (TPSA) is 115 Å². The number of hydrogen-bond acceptors (Lipinski definition) is 4. The summed E-state index contributed by atoms with van der Waals surface area (Å²) >= 11 is 0. The molecule has 4 N–H and O–H groups in total. The highest BCUT2D eigenvalue weighted by atomic mass is 16.4. The second-order valence-corrected chi connectivity index (χ2v) is 3.57. The molecule has 0 saturated carbocycles. The summed E-state index contributed by atoms with van der Waals surface area (Å²) in [4.78, 5) is 21.5. The first-order valence-corrected chi connectivity index (χ1v) is 4.78. The number of aromatic carboxylic acids is 1. The molecule has 0 aromatic heterocycles. The van der Waals surface area contributed by atoms with Gasteiger partial charge in [-0.3, -0.25) is 0 Å². The number of aryl methyl sites for hydroxylation is 1. The van der Waals surface area contributed by atoms with Gasteiger partial charge in [0.15, 0.2) is 6.10 Å². The summed E-state index contributed by atoms with van der Waals surface area (Å²) < 4.78 is 0. The molecule has 0 radical (unpaired) electrons. The van der Waals surface area contributed by atoms with Gasteiger partial charge < -0.3 is 20.4 Å². The molecule has 92 valence electrons. The van der Waals surface area contributed by atoms with E-state index in [2.05, 4.69) is 0 Å². The zero-order valence-corrected chi connectivity index (χ0v) is 8.99. The minimum absolute atomic E-state index is 0.0881. The van der Waals surface area contributed by atoms with Crippen molar-refractivity contribution in [2.24, 2.45) is 0 Å². The highest BCUT2D eigenvalue weighted by Gasteiger charge is 2.29. The third-order valence-electron chi connectivity index (χ3n) is 2.40. The molecule has 0 spiro atoms. The number of aliphatic hydroxyl groups excluding tert-OH is 2. The van der Waals surface area contributed by atoms with Crippen LogP contribution in [0.2, 0.25) is 0 Å². The molecular formula is C11H12O6. The lowest BCUT2D eigenvalue weighted by molar-refractivity contribution is -0.153. The molecule has 0 aliphatic rings. The van der Waals surface area contributed by atoms with Crippen LogP contribution in [0.25, 0.3) is 0 Å². The van der Waals surface area contributed by atoms with E-state index in [0.717, 1.165) is 0 Å². The largest absolute Gasteiger partial charge is 0.479 e. The lowest BCUT2D eigenvalue weighted by Gasteiger charge is -2.18. The van der Waals surface area contributed by atoms with Crippen molar-refractivity contribution in [2.75, 3.05) is 0 Å². The van der Waals surface area contributed by atoms with E-state index in [1.54, 1.807) is 0 Å². The first kappa shape index (κ1) is 13.1. The molecule has 0 aliphatic heterocycles. The van der Waals surface area contributed by atoms with Gasteiger partial charge in [0.1, 0.15) is 6.10 Å². The Bertz CT molecular complexity index is 453. The van der Waals surface area contributed by atoms with E-state index in [1.807, 2.05) is 0 Å². The summed E-state index contributed by atoms with van der Waals surface area (Å²) in [5.74, 6) is -2.91. The first-order chi connectivity index (χ1) is 7.86. The molecule has 2 atom stereocenters. The zero-order valence-electron chi connectivity index (χ0n) is 8.99. The van der Waals surface area contributed by atoms with Gasteiger partial charge in [-0.25, -0.2) is 9.59 Å². The van der Waals surface area contributed by atoms with Crippen molar-refractivity contribution in [3.05, 3.63) is 34.9 Å². The van der Waals surface area contributed by atoms with Crippen LogP contribution in [0, 0.1) is 6.92 Å². The number of aliphatic hydroxyl groups is 2. The number of aliphatic carboxylic acids is 1. The van der Waals surface area contributed by atoms with E-state index in [-0.39, 0.29) is 11.1 Å². The smallest absolute Gasteiger partial charge is 0.336 e. The molecule has 17 heavy (non-hydrogen) atoms. The molecule has 0 heterocycles. The van der Waals surface area contributed by atoms with Gasteiger partial charge >= 0.3 is 11.9 Å².